The molecular formula is C21H19NO7S. The smallest absolute Gasteiger partial charge is 0.340 e. The zero-order valence-electron chi connectivity index (χ0n) is 16.5. The van der Waals surface area contributed by atoms with Crippen LogP contribution in [0.15, 0.2) is 46.9 Å². The number of hydrogen-bond acceptors (Lipinski definition) is 8. The summed E-state index contributed by atoms with van der Waals surface area (Å²) in [6.45, 7) is 1.92. The van der Waals surface area contributed by atoms with Crippen molar-refractivity contribution >= 4 is 34.2 Å². The predicted octanol–water partition coefficient (Wildman–Crippen LogP) is 4.05. The Morgan fingerprint density at radius 3 is 2.37 bits per heavy atom. The van der Waals surface area contributed by atoms with Gasteiger partial charge in [-0.25, -0.2) is 9.59 Å². The number of anilines is 1. The zero-order valence-corrected chi connectivity index (χ0v) is 17.3. The van der Waals surface area contributed by atoms with Gasteiger partial charge in [0.05, 0.1) is 25.3 Å². The van der Waals surface area contributed by atoms with Crippen molar-refractivity contribution in [1.82, 2.24) is 0 Å². The van der Waals surface area contributed by atoms with Gasteiger partial charge in [0.1, 0.15) is 23.1 Å². The van der Waals surface area contributed by atoms with E-state index in [1.165, 1.54) is 31.6 Å². The second kappa shape index (κ2) is 9.27. The lowest BCUT2D eigenvalue weighted by Crippen LogP contribution is -2.13. The molecule has 2 heterocycles. The Hall–Kier alpha value is -3.59. The molecule has 30 heavy (non-hydrogen) atoms. The number of carbonyl (C=O) groups is 3. The first-order valence-electron chi connectivity index (χ1n) is 8.81. The third-order valence-electron chi connectivity index (χ3n) is 4.03. The van der Waals surface area contributed by atoms with Gasteiger partial charge in [0.25, 0.3) is 5.91 Å². The number of methoxy groups -OCH3 is 2. The number of hydrogen-bond donors (Lipinski definition) is 1. The molecule has 0 unspecified atom stereocenters. The van der Waals surface area contributed by atoms with E-state index in [9.17, 15) is 14.4 Å². The van der Waals surface area contributed by atoms with E-state index in [1.54, 1.807) is 36.4 Å². The summed E-state index contributed by atoms with van der Waals surface area (Å²) in [6, 6.07) is 11.2. The number of rotatable bonds is 7. The Morgan fingerprint density at radius 2 is 1.70 bits per heavy atom. The van der Waals surface area contributed by atoms with Gasteiger partial charge in [-0.05, 0) is 49.4 Å². The molecule has 0 saturated carbocycles. The highest BCUT2D eigenvalue weighted by Gasteiger charge is 2.19. The first-order valence-corrected chi connectivity index (χ1v) is 9.63. The minimum absolute atomic E-state index is 0.0801. The molecule has 0 bridgehead atoms. The lowest BCUT2D eigenvalue weighted by atomic mass is 10.2. The second-order valence-electron chi connectivity index (χ2n) is 6.12. The van der Waals surface area contributed by atoms with Gasteiger partial charge in [-0.3, -0.25) is 4.79 Å². The van der Waals surface area contributed by atoms with Crippen molar-refractivity contribution in [3.05, 3.63) is 70.0 Å². The fraction of sp³-hybridized carbons (Fsp3) is 0.190. The van der Waals surface area contributed by atoms with Gasteiger partial charge in [-0.2, -0.15) is 0 Å². The van der Waals surface area contributed by atoms with Crippen LogP contribution in [0.3, 0.4) is 0 Å². The number of aryl methyl sites for hydroxylation is 1. The fourth-order valence-electron chi connectivity index (χ4n) is 2.57. The summed E-state index contributed by atoms with van der Waals surface area (Å²) in [5, 5.41) is 3.07. The number of carbonyl (C=O) groups excluding carboxylic acids is 3. The van der Waals surface area contributed by atoms with E-state index in [-0.39, 0.29) is 12.4 Å². The predicted molar refractivity (Wildman–Crippen MR) is 109 cm³/mol. The highest BCUT2D eigenvalue weighted by atomic mass is 32.1. The molecule has 3 aromatic rings. The lowest BCUT2D eigenvalue weighted by Gasteiger charge is -2.05. The molecule has 8 nitrogen and oxygen atoms in total. The molecule has 1 aromatic carbocycles. The fourth-order valence-corrected chi connectivity index (χ4v) is 3.47. The van der Waals surface area contributed by atoms with Gasteiger partial charge in [-0.1, -0.05) is 0 Å². The van der Waals surface area contributed by atoms with E-state index in [2.05, 4.69) is 10.1 Å². The van der Waals surface area contributed by atoms with Crippen molar-refractivity contribution in [2.45, 2.75) is 13.5 Å². The van der Waals surface area contributed by atoms with Crippen molar-refractivity contribution in [2.24, 2.45) is 0 Å². The minimum Gasteiger partial charge on any atom is -0.486 e. The summed E-state index contributed by atoms with van der Waals surface area (Å²) in [6.07, 6.45) is 0. The van der Waals surface area contributed by atoms with Crippen molar-refractivity contribution in [2.75, 3.05) is 19.5 Å². The first-order chi connectivity index (χ1) is 14.4. The average Bonchev–Trinajstić information content (AvgIpc) is 3.38. The van der Waals surface area contributed by atoms with Crippen LogP contribution in [0.1, 0.15) is 41.9 Å². The average molecular weight is 429 g/mol. The maximum absolute atomic E-state index is 12.5. The summed E-state index contributed by atoms with van der Waals surface area (Å²) in [5.41, 5.74) is 0.704. The van der Waals surface area contributed by atoms with Crippen LogP contribution < -0.4 is 10.1 Å². The minimum atomic E-state index is -0.526. The number of ether oxygens (including phenoxy) is 3. The molecule has 0 spiro atoms. The maximum Gasteiger partial charge on any atom is 0.340 e. The molecule has 3 rings (SSSR count). The molecule has 0 fully saturated rings. The number of amides is 1. The molecule has 156 valence electrons. The monoisotopic (exact) mass is 429 g/mol. The van der Waals surface area contributed by atoms with E-state index < -0.39 is 17.8 Å². The van der Waals surface area contributed by atoms with Crippen molar-refractivity contribution in [1.29, 1.82) is 0 Å². The Bertz CT molecular complexity index is 1070. The molecule has 9 heteroatoms. The highest BCUT2D eigenvalue weighted by Crippen LogP contribution is 2.29. The van der Waals surface area contributed by atoms with Crippen LogP contribution in [0, 0.1) is 6.92 Å². The molecule has 0 aliphatic carbocycles. The van der Waals surface area contributed by atoms with E-state index >= 15 is 0 Å². The number of benzene rings is 1. The standard InChI is InChI=1S/C21H19NO7S/c1-12-10-16(21(25)27-3)19(30-12)22-18(23)17-9-8-15(29-17)11-28-14-6-4-13(5-7-14)20(24)26-2/h4-10H,11H2,1-3H3,(H,22,23). The van der Waals surface area contributed by atoms with E-state index in [0.717, 1.165) is 4.88 Å². The largest absolute Gasteiger partial charge is 0.486 e. The molecular weight excluding hydrogens is 410 g/mol. The first kappa shape index (κ1) is 21.1. The van der Waals surface area contributed by atoms with E-state index in [1.807, 2.05) is 6.92 Å². The van der Waals surface area contributed by atoms with Gasteiger partial charge in [-0.15, -0.1) is 11.3 Å². The summed E-state index contributed by atoms with van der Waals surface area (Å²) in [7, 11) is 2.59. The van der Waals surface area contributed by atoms with E-state index in [0.29, 0.717) is 27.6 Å². The quantitative estimate of drug-likeness (QED) is 0.565. The maximum atomic E-state index is 12.5. The van der Waals surface area contributed by atoms with Gasteiger partial charge in [0.15, 0.2) is 5.76 Å². The van der Waals surface area contributed by atoms with E-state index in [4.69, 9.17) is 13.9 Å². The molecule has 0 radical (unpaired) electrons. The van der Waals surface area contributed by atoms with Gasteiger partial charge >= 0.3 is 11.9 Å². The second-order valence-corrected chi connectivity index (χ2v) is 7.37. The summed E-state index contributed by atoms with van der Waals surface area (Å²) < 4.78 is 20.5. The normalized spacial score (nSPS) is 10.4. The topological polar surface area (TPSA) is 104 Å². The Balaban J connectivity index is 1.61. The number of nitrogens with one attached hydrogen (secondary N) is 1. The highest BCUT2D eigenvalue weighted by molar-refractivity contribution is 7.16. The van der Waals surface area contributed by atoms with Crippen LogP contribution >= 0.6 is 11.3 Å². The molecule has 0 atom stereocenters. The van der Waals surface area contributed by atoms with Crippen molar-refractivity contribution in [3.63, 3.8) is 0 Å². The van der Waals surface area contributed by atoms with Gasteiger partial charge in [0.2, 0.25) is 0 Å². The summed E-state index contributed by atoms with van der Waals surface area (Å²) in [4.78, 5) is 36.6. The molecule has 0 aliphatic rings. The van der Waals surface area contributed by atoms with Crippen molar-refractivity contribution < 1.29 is 33.0 Å². The van der Waals surface area contributed by atoms with Gasteiger partial charge < -0.3 is 23.9 Å². The number of furan rings is 1. The van der Waals surface area contributed by atoms with Crippen LogP contribution in [-0.4, -0.2) is 32.1 Å². The molecule has 0 aliphatic heterocycles. The molecule has 1 N–H and O–H groups in total. The number of thiophene rings is 1. The SMILES string of the molecule is COC(=O)c1ccc(OCc2ccc(C(=O)Nc3sc(C)cc3C(=O)OC)o2)cc1. The third kappa shape index (κ3) is 4.87. The van der Waals surface area contributed by atoms with Crippen LogP contribution in [0.25, 0.3) is 0 Å². The molecule has 2 aromatic heterocycles. The van der Waals surface area contributed by atoms with Crippen LogP contribution in [0.5, 0.6) is 5.75 Å². The van der Waals surface area contributed by atoms with Crippen LogP contribution in [-0.2, 0) is 16.1 Å². The number of esters is 2. The lowest BCUT2D eigenvalue weighted by molar-refractivity contribution is 0.0592. The Morgan fingerprint density at radius 1 is 1.00 bits per heavy atom. The summed E-state index contributed by atoms with van der Waals surface area (Å²) in [5.74, 6) is -0.400. The van der Waals surface area contributed by atoms with Crippen molar-refractivity contribution in [3.8, 4) is 5.75 Å². The zero-order chi connectivity index (χ0) is 21.7. The Kier molecular flexibility index (Phi) is 6.53. The molecule has 1 amide bonds. The van der Waals surface area contributed by atoms with Gasteiger partial charge in [0, 0.05) is 4.88 Å². The Labute approximate surface area is 176 Å². The third-order valence-corrected chi connectivity index (χ3v) is 5.00. The van der Waals surface area contributed by atoms with Crippen LogP contribution in [0.4, 0.5) is 5.00 Å². The summed E-state index contributed by atoms with van der Waals surface area (Å²) >= 11 is 1.27. The molecule has 0 saturated heterocycles. The van der Waals surface area contributed by atoms with Crippen LogP contribution in [0.2, 0.25) is 0 Å².